The average Bonchev–Trinajstić information content (AvgIpc) is 3.53. The summed E-state index contributed by atoms with van der Waals surface area (Å²) in [7, 11) is 0. The molecule has 3 aromatic carbocycles. The summed E-state index contributed by atoms with van der Waals surface area (Å²) in [6, 6.07) is 24.9. The topological polar surface area (TPSA) is 42.1 Å². The summed E-state index contributed by atoms with van der Waals surface area (Å²) in [4.78, 5) is 15.2. The van der Waals surface area contributed by atoms with Crippen LogP contribution in [0.1, 0.15) is 15.9 Å². The quantitative estimate of drug-likeness (QED) is 0.597. The number of epoxide rings is 1. The van der Waals surface area contributed by atoms with E-state index in [1.54, 1.807) is 4.90 Å². The first-order chi connectivity index (χ1) is 13.2. The third-order valence-electron chi connectivity index (χ3n) is 4.53. The summed E-state index contributed by atoms with van der Waals surface area (Å²) in [5.74, 6) is 0.580. The third kappa shape index (κ3) is 3.86. The highest BCUT2D eigenvalue weighted by Crippen LogP contribution is 2.35. The van der Waals surface area contributed by atoms with Crippen LogP contribution in [0.4, 0.5) is 11.4 Å². The van der Waals surface area contributed by atoms with Crippen LogP contribution in [0, 0.1) is 6.92 Å². The average molecular weight is 359 g/mol. The van der Waals surface area contributed by atoms with Crippen LogP contribution in [-0.2, 0) is 4.74 Å². The minimum Gasteiger partial charge on any atom is -0.489 e. The Balaban J connectivity index is 1.77. The van der Waals surface area contributed by atoms with Gasteiger partial charge in [-0.3, -0.25) is 9.69 Å². The van der Waals surface area contributed by atoms with Gasteiger partial charge in [0, 0.05) is 11.3 Å². The first-order valence-electron chi connectivity index (χ1n) is 9.02. The molecule has 0 spiro atoms. The number of ether oxygens (including phenoxy) is 2. The van der Waals surface area contributed by atoms with Crippen LogP contribution in [0.5, 0.6) is 5.75 Å². The van der Waals surface area contributed by atoms with Gasteiger partial charge in [0.05, 0.1) is 12.3 Å². The zero-order valence-corrected chi connectivity index (χ0v) is 15.2. The number of para-hydroxylation sites is 3. The number of carbonyl (C=O) groups is 1. The highest BCUT2D eigenvalue weighted by molar-refractivity contribution is 6.12. The molecule has 0 bridgehead atoms. The zero-order chi connectivity index (χ0) is 18.6. The summed E-state index contributed by atoms with van der Waals surface area (Å²) < 4.78 is 11.2. The van der Waals surface area contributed by atoms with Crippen molar-refractivity contribution in [2.24, 2.45) is 0 Å². The molecular weight excluding hydrogens is 338 g/mol. The lowest BCUT2D eigenvalue weighted by Gasteiger charge is -2.26. The molecule has 1 heterocycles. The summed E-state index contributed by atoms with van der Waals surface area (Å²) in [5.41, 5.74) is 3.12. The molecule has 1 atom stereocenters. The van der Waals surface area contributed by atoms with E-state index in [9.17, 15) is 4.79 Å². The molecule has 0 saturated carbocycles. The monoisotopic (exact) mass is 359 g/mol. The SMILES string of the molecule is Cc1ccccc1C(=O)N(c1ccccc1)c1ccccc1OCC1CO1. The molecule has 27 heavy (non-hydrogen) atoms. The van der Waals surface area contributed by atoms with Gasteiger partial charge in [-0.2, -0.15) is 0 Å². The summed E-state index contributed by atoms with van der Waals surface area (Å²) in [6.45, 7) is 3.16. The Morgan fingerprint density at radius 2 is 1.67 bits per heavy atom. The summed E-state index contributed by atoms with van der Waals surface area (Å²) >= 11 is 0. The van der Waals surface area contributed by atoms with Crippen LogP contribution in [0.15, 0.2) is 78.9 Å². The van der Waals surface area contributed by atoms with E-state index >= 15 is 0 Å². The molecule has 0 radical (unpaired) electrons. The van der Waals surface area contributed by atoms with Crippen LogP contribution >= 0.6 is 0 Å². The van der Waals surface area contributed by atoms with Crippen molar-refractivity contribution in [2.75, 3.05) is 18.1 Å². The second-order valence-corrected chi connectivity index (χ2v) is 6.53. The van der Waals surface area contributed by atoms with Gasteiger partial charge in [0.15, 0.2) is 0 Å². The lowest BCUT2D eigenvalue weighted by Crippen LogP contribution is -2.27. The normalized spacial score (nSPS) is 15.2. The first-order valence-corrected chi connectivity index (χ1v) is 9.02. The van der Waals surface area contributed by atoms with Gasteiger partial charge in [-0.15, -0.1) is 0 Å². The third-order valence-corrected chi connectivity index (χ3v) is 4.53. The van der Waals surface area contributed by atoms with Crippen molar-refractivity contribution < 1.29 is 14.3 Å². The minimum atomic E-state index is -0.0852. The largest absolute Gasteiger partial charge is 0.489 e. The minimum absolute atomic E-state index is 0.0852. The van der Waals surface area contributed by atoms with Gasteiger partial charge >= 0.3 is 0 Å². The molecule has 0 aromatic heterocycles. The number of rotatable bonds is 6. The molecule has 1 amide bonds. The fraction of sp³-hybridized carbons (Fsp3) is 0.174. The number of anilines is 2. The Labute approximate surface area is 159 Å². The smallest absolute Gasteiger partial charge is 0.263 e. The predicted molar refractivity (Wildman–Crippen MR) is 106 cm³/mol. The number of hydrogen-bond acceptors (Lipinski definition) is 3. The maximum atomic E-state index is 13.5. The van der Waals surface area contributed by atoms with Crippen LogP contribution in [-0.4, -0.2) is 25.2 Å². The predicted octanol–water partition coefficient (Wildman–Crippen LogP) is 4.75. The Bertz CT molecular complexity index is 935. The number of amides is 1. The molecular formula is C23H21NO3. The Hall–Kier alpha value is -3.11. The highest BCUT2D eigenvalue weighted by Gasteiger charge is 2.26. The van der Waals surface area contributed by atoms with E-state index in [-0.39, 0.29) is 12.0 Å². The van der Waals surface area contributed by atoms with Crippen molar-refractivity contribution in [1.82, 2.24) is 0 Å². The first kappa shape index (κ1) is 17.3. The van der Waals surface area contributed by atoms with E-state index in [0.29, 0.717) is 17.9 Å². The molecule has 4 heteroatoms. The van der Waals surface area contributed by atoms with Gasteiger partial charge in [-0.1, -0.05) is 48.5 Å². The van der Waals surface area contributed by atoms with Gasteiger partial charge in [0.25, 0.3) is 5.91 Å². The van der Waals surface area contributed by atoms with E-state index in [0.717, 1.165) is 23.5 Å². The van der Waals surface area contributed by atoms with E-state index in [1.165, 1.54) is 0 Å². The lowest BCUT2D eigenvalue weighted by molar-refractivity contribution is 0.0998. The van der Waals surface area contributed by atoms with Crippen molar-refractivity contribution in [3.8, 4) is 5.75 Å². The van der Waals surface area contributed by atoms with Crippen LogP contribution in [0.25, 0.3) is 0 Å². The van der Waals surface area contributed by atoms with Crippen molar-refractivity contribution >= 4 is 17.3 Å². The number of benzene rings is 3. The lowest BCUT2D eigenvalue weighted by atomic mass is 10.1. The molecule has 1 fully saturated rings. The van der Waals surface area contributed by atoms with E-state index < -0.39 is 0 Å². The summed E-state index contributed by atoms with van der Waals surface area (Å²) in [6.07, 6.45) is 0.148. The van der Waals surface area contributed by atoms with Crippen LogP contribution in [0.2, 0.25) is 0 Å². The van der Waals surface area contributed by atoms with Gasteiger partial charge < -0.3 is 9.47 Å². The van der Waals surface area contributed by atoms with Crippen molar-refractivity contribution in [3.63, 3.8) is 0 Å². The molecule has 4 nitrogen and oxygen atoms in total. The molecule has 1 unspecified atom stereocenters. The maximum Gasteiger partial charge on any atom is 0.263 e. The fourth-order valence-corrected chi connectivity index (χ4v) is 2.99. The molecule has 0 aliphatic carbocycles. The van der Waals surface area contributed by atoms with Crippen LogP contribution in [0.3, 0.4) is 0 Å². The molecule has 3 aromatic rings. The standard InChI is InChI=1S/C23H21NO3/c1-17-9-5-6-12-20(17)23(25)24(18-10-3-2-4-11-18)21-13-7-8-14-22(21)27-16-19-15-26-19/h2-14,19H,15-16H2,1H3. The number of nitrogens with zero attached hydrogens (tertiary/aromatic N) is 1. The molecule has 136 valence electrons. The van der Waals surface area contributed by atoms with Gasteiger partial charge in [-0.05, 0) is 42.8 Å². The number of aryl methyl sites for hydroxylation is 1. The summed E-state index contributed by atoms with van der Waals surface area (Å²) in [5, 5.41) is 0. The molecule has 1 aliphatic rings. The van der Waals surface area contributed by atoms with Crippen LogP contribution < -0.4 is 9.64 Å². The van der Waals surface area contributed by atoms with E-state index in [4.69, 9.17) is 9.47 Å². The number of carbonyl (C=O) groups excluding carboxylic acids is 1. The van der Waals surface area contributed by atoms with Gasteiger partial charge in [-0.25, -0.2) is 0 Å². The van der Waals surface area contributed by atoms with E-state index in [1.807, 2.05) is 85.8 Å². The molecule has 4 rings (SSSR count). The van der Waals surface area contributed by atoms with Crippen molar-refractivity contribution in [3.05, 3.63) is 90.0 Å². The van der Waals surface area contributed by atoms with E-state index in [2.05, 4.69) is 0 Å². The Morgan fingerprint density at radius 1 is 1.00 bits per heavy atom. The maximum absolute atomic E-state index is 13.5. The molecule has 1 saturated heterocycles. The van der Waals surface area contributed by atoms with Gasteiger partial charge in [0.1, 0.15) is 18.5 Å². The zero-order valence-electron chi connectivity index (χ0n) is 15.2. The second kappa shape index (κ2) is 7.64. The van der Waals surface area contributed by atoms with Crippen molar-refractivity contribution in [2.45, 2.75) is 13.0 Å². The fourth-order valence-electron chi connectivity index (χ4n) is 2.99. The highest BCUT2D eigenvalue weighted by atomic mass is 16.6. The van der Waals surface area contributed by atoms with Gasteiger partial charge in [0.2, 0.25) is 0 Å². The number of hydrogen-bond donors (Lipinski definition) is 0. The molecule has 1 aliphatic heterocycles. The molecule has 0 N–H and O–H groups in total. The Morgan fingerprint density at radius 3 is 2.41 bits per heavy atom. The Kier molecular flexibility index (Phi) is 4.90. The second-order valence-electron chi connectivity index (χ2n) is 6.53. The van der Waals surface area contributed by atoms with Crippen molar-refractivity contribution in [1.29, 1.82) is 0 Å².